The first-order chi connectivity index (χ1) is 13.4. The molecular formula is C19H17FN2O6. The summed E-state index contributed by atoms with van der Waals surface area (Å²) < 4.78 is 23.8. The van der Waals surface area contributed by atoms with E-state index in [-0.39, 0.29) is 11.4 Å². The zero-order valence-electron chi connectivity index (χ0n) is 14.9. The SMILES string of the molecule is CCOc1ccccc1/C=C/C(=O)OCC(=O)Nc1cc([N+](=O)[O-])ccc1F. The number of halogens is 1. The van der Waals surface area contributed by atoms with E-state index in [2.05, 4.69) is 5.32 Å². The minimum absolute atomic E-state index is 0.378. The highest BCUT2D eigenvalue weighted by molar-refractivity contribution is 5.95. The molecule has 8 nitrogen and oxygen atoms in total. The third-order valence-corrected chi connectivity index (χ3v) is 3.40. The van der Waals surface area contributed by atoms with E-state index in [9.17, 15) is 24.1 Å². The Morgan fingerprint density at radius 3 is 2.71 bits per heavy atom. The van der Waals surface area contributed by atoms with Crippen LogP contribution in [-0.4, -0.2) is 30.0 Å². The Morgan fingerprint density at radius 2 is 2.00 bits per heavy atom. The van der Waals surface area contributed by atoms with Gasteiger partial charge in [-0.2, -0.15) is 0 Å². The normalized spacial score (nSPS) is 10.5. The van der Waals surface area contributed by atoms with Crippen molar-refractivity contribution in [2.45, 2.75) is 6.92 Å². The number of nitrogens with one attached hydrogen (secondary N) is 1. The van der Waals surface area contributed by atoms with Crippen molar-refractivity contribution in [1.82, 2.24) is 0 Å². The maximum Gasteiger partial charge on any atom is 0.331 e. The number of non-ortho nitro benzene ring substituents is 1. The van der Waals surface area contributed by atoms with Crippen molar-refractivity contribution in [2.75, 3.05) is 18.5 Å². The van der Waals surface area contributed by atoms with Crippen LogP contribution in [0.3, 0.4) is 0 Å². The van der Waals surface area contributed by atoms with Gasteiger partial charge in [-0.25, -0.2) is 9.18 Å². The van der Waals surface area contributed by atoms with Crippen molar-refractivity contribution in [1.29, 1.82) is 0 Å². The molecule has 28 heavy (non-hydrogen) atoms. The summed E-state index contributed by atoms with van der Waals surface area (Å²) in [5, 5.41) is 12.8. The third-order valence-electron chi connectivity index (χ3n) is 3.40. The lowest BCUT2D eigenvalue weighted by atomic mass is 10.2. The van der Waals surface area contributed by atoms with Crippen LogP contribution in [0.2, 0.25) is 0 Å². The van der Waals surface area contributed by atoms with Crippen molar-refractivity contribution in [2.24, 2.45) is 0 Å². The number of nitro groups is 1. The second kappa shape index (κ2) is 9.81. The van der Waals surface area contributed by atoms with Gasteiger partial charge < -0.3 is 14.8 Å². The summed E-state index contributed by atoms with van der Waals surface area (Å²) in [6.07, 6.45) is 2.60. The summed E-state index contributed by atoms with van der Waals surface area (Å²) in [6.45, 7) is 1.61. The highest BCUT2D eigenvalue weighted by Gasteiger charge is 2.14. The van der Waals surface area contributed by atoms with E-state index >= 15 is 0 Å². The number of esters is 1. The van der Waals surface area contributed by atoms with E-state index in [0.29, 0.717) is 17.9 Å². The lowest BCUT2D eigenvalue weighted by molar-refractivity contribution is -0.384. The fraction of sp³-hybridized carbons (Fsp3) is 0.158. The topological polar surface area (TPSA) is 108 Å². The van der Waals surface area contributed by atoms with E-state index in [4.69, 9.17) is 9.47 Å². The molecule has 0 heterocycles. The van der Waals surface area contributed by atoms with Crippen molar-refractivity contribution >= 4 is 29.3 Å². The summed E-state index contributed by atoms with van der Waals surface area (Å²) in [7, 11) is 0. The first kappa shape index (κ1) is 20.6. The Morgan fingerprint density at radius 1 is 1.25 bits per heavy atom. The second-order valence-electron chi connectivity index (χ2n) is 5.38. The Hall–Kier alpha value is -3.75. The molecule has 0 saturated carbocycles. The minimum Gasteiger partial charge on any atom is -0.493 e. The number of nitrogens with zero attached hydrogens (tertiary/aromatic N) is 1. The number of hydrogen-bond donors (Lipinski definition) is 1. The Bertz CT molecular complexity index is 913. The zero-order valence-corrected chi connectivity index (χ0v) is 14.9. The van der Waals surface area contributed by atoms with Crippen LogP contribution in [0.15, 0.2) is 48.5 Å². The second-order valence-corrected chi connectivity index (χ2v) is 5.38. The van der Waals surface area contributed by atoms with Gasteiger partial charge in [-0.1, -0.05) is 18.2 Å². The Kier molecular flexibility index (Phi) is 7.21. The molecule has 0 aliphatic carbocycles. The molecule has 2 rings (SSSR count). The van der Waals surface area contributed by atoms with E-state index in [1.165, 1.54) is 6.08 Å². The van der Waals surface area contributed by atoms with Gasteiger partial charge in [0.25, 0.3) is 11.6 Å². The molecule has 0 aliphatic rings. The van der Waals surface area contributed by atoms with Crippen molar-refractivity contribution in [3.05, 3.63) is 70.0 Å². The molecule has 0 saturated heterocycles. The molecular weight excluding hydrogens is 371 g/mol. The van der Waals surface area contributed by atoms with Gasteiger partial charge in [-0.15, -0.1) is 0 Å². The highest BCUT2D eigenvalue weighted by Crippen LogP contribution is 2.21. The number of nitro benzene ring substituents is 1. The van der Waals surface area contributed by atoms with Gasteiger partial charge in [0.05, 0.1) is 17.2 Å². The van der Waals surface area contributed by atoms with E-state index in [1.54, 1.807) is 24.3 Å². The van der Waals surface area contributed by atoms with Crippen LogP contribution in [0, 0.1) is 15.9 Å². The molecule has 9 heteroatoms. The lowest BCUT2D eigenvalue weighted by Crippen LogP contribution is -2.20. The lowest BCUT2D eigenvalue weighted by Gasteiger charge is -2.07. The number of para-hydroxylation sites is 1. The first-order valence-electron chi connectivity index (χ1n) is 8.21. The summed E-state index contributed by atoms with van der Waals surface area (Å²) >= 11 is 0. The van der Waals surface area contributed by atoms with Gasteiger partial charge in [0.15, 0.2) is 6.61 Å². The fourth-order valence-corrected chi connectivity index (χ4v) is 2.16. The number of carbonyl (C=O) groups is 2. The molecule has 0 radical (unpaired) electrons. The van der Waals surface area contributed by atoms with Gasteiger partial charge in [0, 0.05) is 23.8 Å². The molecule has 0 spiro atoms. The number of rotatable bonds is 8. The van der Waals surface area contributed by atoms with Crippen molar-refractivity contribution in [3.8, 4) is 5.75 Å². The minimum atomic E-state index is -0.849. The Labute approximate surface area is 159 Å². The van der Waals surface area contributed by atoms with Gasteiger partial charge in [0.2, 0.25) is 0 Å². The number of benzene rings is 2. The zero-order chi connectivity index (χ0) is 20.5. The van der Waals surface area contributed by atoms with Crippen molar-refractivity contribution < 1.29 is 28.4 Å². The summed E-state index contributed by atoms with van der Waals surface area (Å²) in [4.78, 5) is 33.5. The molecule has 146 valence electrons. The maximum absolute atomic E-state index is 13.6. The Balaban J connectivity index is 1.92. The summed E-state index contributed by atoms with van der Waals surface area (Å²) in [5.74, 6) is -1.89. The smallest absolute Gasteiger partial charge is 0.331 e. The van der Waals surface area contributed by atoms with Crippen LogP contribution < -0.4 is 10.1 Å². The fourth-order valence-electron chi connectivity index (χ4n) is 2.16. The van der Waals surface area contributed by atoms with Crippen molar-refractivity contribution in [3.63, 3.8) is 0 Å². The number of hydrogen-bond acceptors (Lipinski definition) is 6. The molecule has 0 unspecified atom stereocenters. The van der Waals surface area contributed by atoms with Gasteiger partial charge in [-0.3, -0.25) is 14.9 Å². The van der Waals surface area contributed by atoms with Gasteiger partial charge in [0.1, 0.15) is 11.6 Å². The number of amides is 1. The summed E-state index contributed by atoms with van der Waals surface area (Å²) in [5.41, 5.74) is -0.106. The average molecular weight is 388 g/mol. The molecule has 2 aromatic rings. The molecule has 1 amide bonds. The standard InChI is InChI=1S/C19H17FN2O6/c1-2-27-17-6-4-3-5-13(17)7-10-19(24)28-12-18(23)21-16-11-14(22(25)26)8-9-15(16)20/h3-11H,2,12H2,1H3,(H,21,23)/b10-7+. The number of ether oxygens (including phenoxy) is 2. The molecule has 0 atom stereocenters. The summed E-state index contributed by atoms with van der Waals surface area (Å²) in [6, 6.07) is 9.75. The van der Waals surface area contributed by atoms with Crippen LogP contribution >= 0.6 is 0 Å². The number of carbonyl (C=O) groups excluding carboxylic acids is 2. The van der Waals surface area contributed by atoms with Gasteiger partial charge >= 0.3 is 5.97 Å². The molecule has 2 aromatic carbocycles. The van der Waals surface area contributed by atoms with Crippen LogP contribution in [0.4, 0.5) is 15.8 Å². The molecule has 1 N–H and O–H groups in total. The van der Waals surface area contributed by atoms with Crippen LogP contribution in [0.5, 0.6) is 5.75 Å². The molecule has 0 bridgehead atoms. The predicted molar refractivity (Wildman–Crippen MR) is 99.3 cm³/mol. The monoisotopic (exact) mass is 388 g/mol. The maximum atomic E-state index is 13.6. The first-order valence-corrected chi connectivity index (χ1v) is 8.21. The van der Waals surface area contributed by atoms with E-state index in [1.807, 2.05) is 6.92 Å². The van der Waals surface area contributed by atoms with Crippen LogP contribution in [0.25, 0.3) is 6.08 Å². The van der Waals surface area contributed by atoms with E-state index in [0.717, 1.165) is 24.3 Å². The number of anilines is 1. The van der Waals surface area contributed by atoms with Gasteiger partial charge in [-0.05, 0) is 25.1 Å². The quantitative estimate of drug-likeness (QED) is 0.322. The van der Waals surface area contributed by atoms with E-state index < -0.39 is 29.2 Å². The highest BCUT2D eigenvalue weighted by atomic mass is 19.1. The molecule has 0 fully saturated rings. The molecule has 0 aliphatic heterocycles. The van der Waals surface area contributed by atoms with Crippen LogP contribution in [-0.2, 0) is 14.3 Å². The molecule has 0 aromatic heterocycles. The average Bonchev–Trinajstić information content (AvgIpc) is 2.67. The van der Waals surface area contributed by atoms with Crippen LogP contribution in [0.1, 0.15) is 12.5 Å². The largest absolute Gasteiger partial charge is 0.493 e. The third kappa shape index (κ3) is 5.90. The predicted octanol–water partition coefficient (Wildman–Crippen LogP) is 3.33.